The molecule has 1 aliphatic heterocycles. The number of likely N-dealkylation sites (N-methyl/N-ethyl adjacent to an activating group) is 1. The van der Waals surface area contributed by atoms with Crippen molar-refractivity contribution in [2.45, 2.75) is 13.8 Å². The first-order valence-electron chi connectivity index (χ1n) is 6.69. The summed E-state index contributed by atoms with van der Waals surface area (Å²) < 4.78 is 4.79. The van der Waals surface area contributed by atoms with Gasteiger partial charge in [-0.3, -0.25) is 4.79 Å². The van der Waals surface area contributed by atoms with Crippen molar-refractivity contribution in [1.82, 2.24) is 4.90 Å². The van der Waals surface area contributed by atoms with Gasteiger partial charge in [0.05, 0.1) is 28.3 Å². The maximum atomic E-state index is 12.5. The first-order valence-corrected chi connectivity index (χ1v) is 7.45. The molecule has 4 nitrogen and oxygen atoms in total. The Bertz CT molecular complexity index is 707. The Hall–Kier alpha value is -1.78. The van der Waals surface area contributed by atoms with Crippen LogP contribution in [0, 0.1) is 0 Å². The molecule has 0 radical (unpaired) electrons. The molecule has 0 saturated carbocycles. The molecule has 0 aliphatic carbocycles. The molecule has 0 N–H and O–H groups in total. The Morgan fingerprint density at radius 3 is 2.64 bits per heavy atom. The number of halogens is 2. The predicted octanol–water partition coefficient (Wildman–Crippen LogP) is 3.69. The number of esters is 1. The maximum Gasteiger partial charge on any atom is 0.340 e. The zero-order valence-electron chi connectivity index (χ0n) is 12.4. The van der Waals surface area contributed by atoms with Crippen molar-refractivity contribution in [3.05, 3.63) is 50.7 Å². The van der Waals surface area contributed by atoms with E-state index < -0.39 is 5.97 Å². The average Bonchev–Trinajstić information content (AvgIpc) is 2.73. The van der Waals surface area contributed by atoms with Gasteiger partial charge in [-0.2, -0.15) is 0 Å². The van der Waals surface area contributed by atoms with E-state index in [2.05, 4.69) is 0 Å². The van der Waals surface area contributed by atoms with Gasteiger partial charge in [-0.15, -0.1) is 0 Å². The highest BCUT2D eigenvalue weighted by Crippen LogP contribution is 2.34. The van der Waals surface area contributed by atoms with Crippen LogP contribution >= 0.6 is 23.2 Å². The third-order valence-corrected chi connectivity index (χ3v) is 4.33. The van der Waals surface area contributed by atoms with Gasteiger partial charge in [-0.1, -0.05) is 35.3 Å². The van der Waals surface area contributed by atoms with E-state index >= 15 is 0 Å². The molecule has 0 aromatic heterocycles. The zero-order chi connectivity index (χ0) is 16.4. The van der Waals surface area contributed by atoms with E-state index in [1.54, 1.807) is 31.2 Å². The number of allylic oxidation sites excluding steroid dienone is 1. The van der Waals surface area contributed by atoms with Crippen LogP contribution in [-0.2, 0) is 14.3 Å². The summed E-state index contributed by atoms with van der Waals surface area (Å²) in [4.78, 5) is 26.1. The first-order chi connectivity index (χ1) is 10.4. The van der Waals surface area contributed by atoms with Gasteiger partial charge < -0.3 is 9.64 Å². The fourth-order valence-corrected chi connectivity index (χ4v) is 2.76. The third-order valence-electron chi connectivity index (χ3n) is 3.50. The molecule has 0 atom stereocenters. The van der Waals surface area contributed by atoms with Gasteiger partial charge in [0.2, 0.25) is 0 Å². The summed E-state index contributed by atoms with van der Waals surface area (Å²) in [7, 11) is 1.28. The fraction of sp³-hybridized carbons (Fsp3) is 0.250. The van der Waals surface area contributed by atoms with Crippen molar-refractivity contribution in [1.29, 1.82) is 0 Å². The minimum absolute atomic E-state index is 0.253. The lowest BCUT2D eigenvalue weighted by atomic mass is 10.0. The van der Waals surface area contributed by atoms with Crippen LogP contribution in [0.1, 0.15) is 19.4 Å². The summed E-state index contributed by atoms with van der Waals surface area (Å²) in [5.41, 5.74) is 1.66. The monoisotopic (exact) mass is 339 g/mol. The molecule has 2 rings (SSSR count). The number of amides is 1. The summed E-state index contributed by atoms with van der Waals surface area (Å²) >= 11 is 12.1. The summed E-state index contributed by atoms with van der Waals surface area (Å²) in [6.07, 6.45) is 1.57. The van der Waals surface area contributed by atoms with Crippen molar-refractivity contribution < 1.29 is 14.3 Å². The highest BCUT2D eigenvalue weighted by atomic mass is 35.5. The second kappa shape index (κ2) is 6.55. The van der Waals surface area contributed by atoms with Gasteiger partial charge in [0, 0.05) is 12.2 Å². The predicted molar refractivity (Wildman–Crippen MR) is 86.5 cm³/mol. The summed E-state index contributed by atoms with van der Waals surface area (Å²) in [6, 6.07) is 5.11. The van der Waals surface area contributed by atoms with Gasteiger partial charge in [0.1, 0.15) is 0 Å². The Balaban J connectivity index is 2.61. The van der Waals surface area contributed by atoms with E-state index in [-0.39, 0.29) is 17.1 Å². The normalized spacial score (nSPS) is 16.7. The van der Waals surface area contributed by atoms with Gasteiger partial charge >= 0.3 is 5.97 Å². The minimum atomic E-state index is -0.550. The number of hydrogen-bond donors (Lipinski definition) is 0. The topological polar surface area (TPSA) is 46.6 Å². The number of hydrogen-bond acceptors (Lipinski definition) is 3. The van der Waals surface area contributed by atoms with Gasteiger partial charge in [-0.05, 0) is 31.6 Å². The molecule has 1 amide bonds. The molecule has 1 heterocycles. The summed E-state index contributed by atoms with van der Waals surface area (Å²) in [5.74, 6) is -0.803. The molecule has 0 fully saturated rings. The molecule has 6 heteroatoms. The average molecular weight is 340 g/mol. The molecule has 0 unspecified atom stereocenters. The molecule has 1 aromatic rings. The van der Waals surface area contributed by atoms with Crippen molar-refractivity contribution >= 4 is 41.2 Å². The van der Waals surface area contributed by atoms with Crippen molar-refractivity contribution in [3.63, 3.8) is 0 Å². The number of carbonyl (C=O) groups excluding carboxylic acids is 2. The van der Waals surface area contributed by atoms with Crippen LogP contribution in [0.5, 0.6) is 0 Å². The van der Waals surface area contributed by atoms with Crippen LogP contribution in [0.4, 0.5) is 0 Å². The number of ether oxygens (including phenoxy) is 1. The molecule has 0 spiro atoms. The summed E-state index contributed by atoms with van der Waals surface area (Å²) in [5, 5.41) is 0.718. The van der Waals surface area contributed by atoms with Crippen molar-refractivity contribution in [3.8, 4) is 0 Å². The maximum absolute atomic E-state index is 12.5. The molecule has 0 saturated heterocycles. The second-order valence-corrected chi connectivity index (χ2v) is 5.49. The van der Waals surface area contributed by atoms with Crippen molar-refractivity contribution in [2.75, 3.05) is 13.7 Å². The molecule has 22 heavy (non-hydrogen) atoms. The van der Waals surface area contributed by atoms with E-state index in [4.69, 9.17) is 27.9 Å². The number of benzene rings is 1. The first kappa shape index (κ1) is 16.6. The third kappa shape index (κ3) is 2.76. The number of methoxy groups -OCH3 is 1. The highest BCUT2D eigenvalue weighted by Gasteiger charge is 2.36. The number of rotatable bonds is 3. The fourth-order valence-electron chi connectivity index (χ4n) is 2.40. The van der Waals surface area contributed by atoms with E-state index in [0.29, 0.717) is 27.9 Å². The lowest BCUT2D eigenvalue weighted by molar-refractivity contribution is -0.136. The van der Waals surface area contributed by atoms with Crippen LogP contribution in [-0.4, -0.2) is 30.4 Å². The van der Waals surface area contributed by atoms with Crippen LogP contribution in [0.3, 0.4) is 0 Å². The van der Waals surface area contributed by atoms with Gasteiger partial charge in [0.15, 0.2) is 0 Å². The van der Waals surface area contributed by atoms with Crippen LogP contribution < -0.4 is 0 Å². The van der Waals surface area contributed by atoms with Gasteiger partial charge in [0.25, 0.3) is 5.91 Å². The Labute approximate surface area is 138 Å². The molecule has 0 bridgehead atoms. The number of carbonyl (C=O) groups is 2. The smallest absolute Gasteiger partial charge is 0.340 e. The van der Waals surface area contributed by atoms with E-state index in [1.165, 1.54) is 12.0 Å². The molecular weight excluding hydrogens is 325 g/mol. The minimum Gasteiger partial charge on any atom is -0.465 e. The quantitative estimate of drug-likeness (QED) is 0.623. The van der Waals surface area contributed by atoms with Crippen LogP contribution in [0.25, 0.3) is 6.08 Å². The van der Waals surface area contributed by atoms with E-state index in [1.807, 2.05) is 6.92 Å². The zero-order valence-corrected chi connectivity index (χ0v) is 14.0. The second-order valence-electron chi connectivity index (χ2n) is 4.70. The molecule has 116 valence electrons. The standard InChI is InChI=1S/C16H15Cl2NO3/c1-4-19-9(2)13(16(21)22-3)11(15(19)20)8-10-6-5-7-12(17)14(10)18/h5-8H,4H2,1-3H3/b11-8-. The van der Waals surface area contributed by atoms with Crippen LogP contribution in [0.15, 0.2) is 35.0 Å². The van der Waals surface area contributed by atoms with Gasteiger partial charge in [-0.25, -0.2) is 4.79 Å². The Kier molecular flexibility index (Phi) is 4.94. The lowest BCUT2D eigenvalue weighted by Gasteiger charge is -2.14. The Morgan fingerprint density at radius 1 is 1.36 bits per heavy atom. The van der Waals surface area contributed by atoms with E-state index in [9.17, 15) is 9.59 Å². The molecular formula is C16H15Cl2NO3. The lowest BCUT2D eigenvalue weighted by Crippen LogP contribution is -2.24. The van der Waals surface area contributed by atoms with E-state index in [0.717, 1.165) is 0 Å². The molecule has 1 aliphatic rings. The summed E-state index contributed by atoms with van der Waals surface area (Å²) in [6.45, 7) is 4.02. The van der Waals surface area contributed by atoms with Crippen LogP contribution in [0.2, 0.25) is 10.0 Å². The highest BCUT2D eigenvalue weighted by molar-refractivity contribution is 6.43. The Morgan fingerprint density at radius 2 is 2.05 bits per heavy atom. The SMILES string of the molecule is CCN1C(=O)/C(=C\c2cccc(Cl)c2Cl)C(C(=O)OC)=C1C. The van der Waals surface area contributed by atoms with Crippen molar-refractivity contribution in [2.24, 2.45) is 0 Å². The molecule has 1 aromatic carbocycles. The number of nitrogens with zero attached hydrogens (tertiary/aromatic N) is 1. The largest absolute Gasteiger partial charge is 0.465 e.